The second-order valence-electron chi connectivity index (χ2n) is 9.82. The molecule has 4 aromatic rings. The highest BCUT2D eigenvalue weighted by atomic mass is 35.5. The summed E-state index contributed by atoms with van der Waals surface area (Å²) in [4.78, 5) is 16.8. The first-order valence-electron chi connectivity index (χ1n) is 12.7. The maximum Gasteiger partial charge on any atom is 0.251 e. The van der Waals surface area contributed by atoms with E-state index in [9.17, 15) is 13.4 Å². The molecular formula is C29H26Cl2F3N3O4S2. The Morgan fingerprint density at radius 2 is 1.77 bits per heavy atom. The third-order valence-corrected chi connectivity index (χ3v) is 8.99. The molecule has 0 saturated carbocycles. The first-order chi connectivity index (χ1) is 20.3. The Morgan fingerprint density at radius 3 is 2.40 bits per heavy atom. The minimum atomic E-state index is -2.12. The number of benzene rings is 3. The van der Waals surface area contributed by atoms with Gasteiger partial charge in [-0.2, -0.15) is 0 Å². The number of hydrogen-bond donors (Lipinski definition) is 2. The van der Waals surface area contributed by atoms with Gasteiger partial charge in [0.05, 0.1) is 40.5 Å². The van der Waals surface area contributed by atoms with Gasteiger partial charge in [0.1, 0.15) is 11.6 Å². The standard InChI is InChI=1S/C29H26Cl2F3N3O4S2/c1-29(2,17-4-6-20(30)21(31)12-17)26-14-36-28(37(26)18-5-7-22(32)25(13-18)41-3)42-15-19-23(33)10-16(11-24(19)34)27(38)35-8-9-43(39)40/h4-7,10-14H,8-9,15H2,1-3H3,(H,35,38)(H,39,40). The lowest BCUT2D eigenvalue weighted by Gasteiger charge is -2.28. The molecule has 0 aliphatic carbocycles. The molecule has 14 heteroatoms. The fourth-order valence-electron chi connectivity index (χ4n) is 4.31. The van der Waals surface area contributed by atoms with E-state index in [0.717, 1.165) is 29.5 Å². The summed E-state index contributed by atoms with van der Waals surface area (Å²) in [7, 11) is 1.34. The van der Waals surface area contributed by atoms with E-state index >= 15 is 8.78 Å². The Morgan fingerprint density at radius 1 is 1.07 bits per heavy atom. The highest BCUT2D eigenvalue weighted by molar-refractivity contribution is 7.98. The zero-order valence-electron chi connectivity index (χ0n) is 23.1. The van der Waals surface area contributed by atoms with Crippen LogP contribution >= 0.6 is 35.0 Å². The molecule has 1 heterocycles. The summed E-state index contributed by atoms with van der Waals surface area (Å²) in [6.07, 6.45) is 1.63. The van der Waals surface area contributed by atoms with Crippen LogP contribution in [0.15, 0.2) is 59.9 Å². The first kappa shape index (κ1) is 32.9. The molecule has 0 aliphatic rings. The molecule has 4 rings (SSSR count). The van der Waals surface area contributed by atoms with Gasteiger partial charge < -0.3 is 14.6 Å². The number of hydrogen-bond acceptors (Lipinski definition) is 5. The van der Waals surface area contributed by atoms with Crippen LogP contribution in [0, 0.1) is 17.5 Å². The van der Waals surface area contributed by atoms with Gasteiger partial charge >= 0.3 is 0 Å². The van der Waals surface area contributed by atoms with Crippen molar-refractivity contribution < 1.29 is 31.5 Å². The Labute approximate surface area is 263 Å². The van der Waals surface area contributed by atoms with E-state index < -0.39 is 39.9 Å². The fourth-order valence-corrected chi connectivity index (χ4v) is 5.89. The van der Waals surface area contributed by atoms with Crippen LogP contribution in [-0.4, -0.2) is 43.6 Å². The highest BCUT2D eigenvalue weighted by Gasteiger charge is 2.30. The second kappa shape index (κ2) is 13.7. The van der Waals surface area contributed by atoms with E-state index in [2.05, 4.69) is 10.3 Å². The van der Waals surface area contributed by atoms with Crippen molar-refractivity contribution in [3.05, 3.63) is 105 Å². The number of aromatic nitrogens is 2. The highest BCUT2D eigenvalue weighted by Crippen LogP contribution is 2.39. The summed E-state index contributed by atoms with van der Waals surface area (Å²) in [5, 5.41) is 3.45. The number of amides is 1. The van der Waals surface area contributed by atoms with Crippen LogP contribution < -0.4 is 10.1 Å². The fraction of sp³-hybridized carbons (Fsp3) is 0.241. The molecule has 1 amide bonds. The maximum absolute atomic E-state index is 15.0. The predicted molar refractivity (Wildman–Crippen MR) is 163 cm³/mol. The number of rotatable bonds is 11. The van der Waals surface area contributed by atoms with E-state index in [1.54, 1.807) is 29.0 Å². The first-order valence-corrected chi connectivity index (χ1v) is 15.7. The van der Waals surface area contributed by atoms with Crippen LogP contribution in [0.3, 0.4) is 0 Å². The minimum Gasteiger partial charge on any atom is -0.494 e. The summed E-state index contributed by atoms with van der Waals surface area (Å²) < 4.78 is 71.0. The van der Waals surface area contributed by atoms with Crippen LogP contribution in [0.2, 0.25) is 10.0 Å². The lowest BCUT2D eigenvalue weighted by molar-refractivity contribution is 0.0955. The van der Waals surface area contributed by atoms with Gasteiger partial charge in [0.25, 0.3) is 5.91 Å². The zero-order chi connectivity index (χ0) is 31.5. The Bertz CT molecular complexity index is 1680. The van der Waals surface area contributed by atoms with Gasteiger partial charge in [0.15, 0.2) is 27.8 Å². The molecular weight excluding hydrogens is 646 g/mol. The SMILES string of the molecule is COc1cc(-n2c(C(C)(C)c3ccc(Cl)c(Cl)c3)cnc2SCc2c(F)cc(C(=O)NCCS(=O)O)cc2F)ccc1F. The van der Waals surface area contributed by atoms with Crippen molar-refractivity contribution in [2.24, 2.45) is 0 Å². The van der Waals surface area contributed by atoms with Crippen LogP contribution in [0.4, 0.5) is 13.2 Å². The van der Waals surface area contributed by atoms with Crippen molar-refractivity contribution in [3.8, 4) is 11.4 Å². The molecule has 1 aromatic heterocycles. The minimum absolute atomic E-state index is 0.00312. The summed E-state index contributed by atoms with van der Waals surface area (Å²) in [5.74, 6) is -3.65. The predicted octanol–water partition coefficient (Wildman–Crippen LogP) is 7.17. The largest absolute Gasteiger partial charge is 0.494 e. The van der Waals surface area contributed by atoms with Crippen molar-refractivity contribution >= 4 is 52.0 Å². The molecule has 43 heavy (non-hydrogen) atoms. The zero-order valence-corrected chi connectivity index (χ0v) is 26.2. The molecule has 0 fully saturated rings. The van der Waals surface area contributed by atoms with Gasteiger partial charge in [0, 0.05) is 34.9 Å². The molecule has 1 atom stereocenters. The molecule has 7 nitrogen and oxygen atoms in total. The second-order valence-corrected chi connectivity index (χ2v) is 12.6. The van der Waals surface area contributed by atoms with Crippen molar-refractivity contribution in [1.82, 2.24) is 14.9 Å². The normalized spacial score (nSPS) is 12.3. The molecule has 0 radical (unpaired) electrons. The van der Waals surface area contributed by atoms with Crippen LogP contribution in [0.1, 0.15) is 41.0 Å². The van der Waals surface area contributed by atoms with Crippen LogP contribution in [0.5, 0.6) is 5.75 Å². The number of imidazole rings is 1. The average Bonchev–Trinajstić information content (AvgIpc) is 3.38. The smallest absolute Gasteiger partial charge is 0.251 e. The Hall–Kier alpha value is -3.03. The van der Waals surface area contributed by atoms with Gasteiger partial charge in [0.2, 0.25) is 0 Å². The number of ether oxygens (including phenoxy) is 1. The van der Waals surface area contributed by atoms with Crippen molar-refractivity contribution in [3.63, 3.8) is 0 Å². The quantitative estimate of drug-likeness (QED) is 0.130. The number of halogens is 5. The number of carbonyl (C=O) groups is 1. The summed E-state index contributed by atoms with van der Waals surface area (Å²) >= 11 is 11.4. The Balaban J connectivity index is 1.70. The van der Waals surface area contributed by atoms with Crippen molar-refractivity contribution in [1.29, 1.82) is 0 Å². The lowest BCUT2D eigenvalue weighted by Crippen LogP contribution is -2.27. The lowest BCUT2D eigenvalue weighted by atomic mass is 9.81. The maximum atomic E-state index is 15.0. The summed E-state index contributed by atoms with van der Waals surface area (Å²) in [5.41, 5.74) is 0.713. The van der Waals surface area contributed by atoms with Crippen LogP contribution in [-0.2, 0) is 22.2 Å². The molecule has 0 saturated heterocycles. The van der Waals surface area contributed by atoms with E-state index in [-0.39, 0.29) is 34.9 Å². The molecule has 0 bridgehead atoms. The number of thioether (sulfide) groups is 1. The average molecular weight is 673 g/mol. The molecule has 0 spiro atoms. The molecule has 2 N–H and O–H groups in total. The van der Waals surface area contributed by atoms with E-state index in [4.69, 9.17) is 32.5 Å². The molecule has 0 aliphatic heterocycles. The van der Waals surface area contributed by atoms with E-state index in [1.807, 2.05) is 19.9 Å². The number of nitrogens with one attached hydrogen (secondary N) is 1. The van der Waals surface area contributed by atoms with Gasteiger partial charge in [-0.3, -0.25) is 9.36 Å². The van der Waals surface area contributed by atoms with E-state index in [0.29, 0.717) is 26.6 Å². The topological polar surface area (TPSA) is 93.5 Å². The van der Waals surface area contributed by atoms with Crippen molar-refractivity contribution in [2.45, 2.75) is 30.2 Å². The van der Waals surface area contributed by atoms with E-state index in [1.165, 1.54) is 19.2 Å². The number of methoxy groups -OCH3 is 1. The molecule has 1 unspecified atom stereocenters. The molecule has 3 aromatic carbocycles. The number of carbonyl (C=O) groups excluding carboxylic acids is 1. The third-order valence-electron chi connectivity index (χ3n) is 6.72. The van der Waals surface area contributed by atoms with Gasteiger partial charge in [-0.05, 0) is 42.0 Å². The summed E-state index contributed by atoms with van der Waals surface area (Å²) in [6, 6.07) is 11.3. The van der Waals surface area contributed by atoms with Gasteiger partial charge in [-0.15, -0.1) is 0 Å². The van der Waals surface area contributed by atoms with Crippen molar-refractivity contribution in [2.75, 3.05) is 19.4 Å². The van der Waals surface area contributed by atoms with Gasteiger partial charge in [-0.25, -0.2) is 22.4 Å². The molecule has 228 valence electrons. The third kappa shape index (κ3) is 7.38. The number of nitrogens with zero attached hydrogens (tertiary/aromatic N) is 2. The summed E-state index contributed by atoms with van der Waals surface area (Å²) in [6.45, 7) is 3.74. The van der Waals surface area contributed by atoms with Gasteiger partial charge in [-0.1, -0.05) is 54.9 Å². The Kier molecular flexibility index (Phi) is 10.5. The monoisotopic (exact) mass is 671 g/mol. The van der Waals surface area contributed by atoms with Crippen LogP contribution in [0.25, 0.3) is 5.69 Å².